The zero-order valence-electron chi connectivity index (χ0n) is 11.6. The maximum Gasteiger partial charge on any atom is 0.131 e. The first-order valence-corrected chi connectivity index (χ1v) is 6.70. The highest BCUT2D eigenvalue weighted by Crippen LogP contribution is 2.21. The molecule has 0 saturated carbocycles. The normalized spacial score (nSPS) is 12.0. The summed E-state index contributed by atoms with van der Waals surface area (Å²) in [4.78, 5) is 0. The van der Waals surface area contributed by atoms with Crippen LogP contribution in [0.4, 0.5) is 14.5 Å². The maximum absolute atomic E-state index is 13.5. The van der Waals surface area contributed by atoms with E-state index in [1.165, 1.54) is 6.07 Å². The van der Waals surface area contributed by atoms with Crippen molar-refractivity contribution in [2.24, 2.45) is 0 Å². The van der Waals surface area contributed by atoms with Crippen LogP contribution in [0.15, 0.2) is 42.5 Å². The molecular weight excluding hydrogens is 276 g/mol. The Morgan fingerprint density at radius 1 is 1.19 bits per heavy atom. The van der Waals surface area contributed by atoms with Gasteiger partial charge in [0.1, 0.15) is 17.4 Å². The number of nitrogens with one attached hydrogen (secondary N) is 1. The molecular formula is C16H17F2NO2. The monoisotopic (exact) mass is 293 g/mol. The highest BCUT2D eigenvalue weighted by Gasteiger charge is 2.13. The molecule has 112 valence electrons. The van der Waals surface area contributed by atoms with Gasteiger partial charge >= 0.3 is 0 Å². The summed E-state index contributed by atoms with van der Waals surface area (Å²) < 4.78 is 31.7. The minimum Gasteiger partial charge on any atom is -0.494 e. The van der Waals surface area contributed by atoms with Gasteiger partial charge in [-0.05, 0) is 25.1 Å². The summed E-state index contributed by atoms with van der Waals surface area (Å²) in [6, 6.07) is 10.4. The second-order valence-corrected chi connectivity index (χ2v) is 4.52. The second kappa shape index (κ2) is 7.04. The Hall–Kier alpha value is -2.14. The molecule has 0 aliphatic heterocycles. The fraction of sp³-hybridized carbons (Fsp3) is 0.250. The van der Waals surface area contributed by atoms with Crippen molar-refractivity contribution in [3.63, 3.8) is 0 Å². The molecule has 3 nitrogen and oxygen atoms in total. The van der Waals surface area contributed by atoms with Crippen molar-refractivity contribution in [3.8, 4) is 5.75 Å². The lowest BCUT2D eigenvalue weighted by Crippen LogP contribution is -2.13. The summed E-state index contributed by atoms with van der Waals surface area (Å²) in [7, 11) is 0. The van der Waals surface area contributed by atoms with Gasteiger partial charge in [0.15, 0.2) is 0 Å². The first kappa shape index (κ1) is 15.3. The first-order valence-electron chi connectivity index (χ1n) is 6.70. The van der Waals surface area contributed by atoms with Crippen molar-refractivity contribution in [3.05, 3.63) is 59.7 Å². The number of halogens is 2. The lowest BCUT2D eigenvalue weighted by atomic mass is 10.1. The molecule has 0 fully saturated rings. The molecule has 0 aliphatic rings. The van der Waals surface area contributed by atoms with E-state index < -0.39 is 17.7 Å². The van der Waals surface area contributed by atoms with Gasteiger partial charge in [0.25, 0.3) is 0 Å². The molecule has 0 aromatic heterocycles. The van der Waals surface area contributed by atoms with E-state index in [1.807, 2.05) is 25.1 Å². The van der Waals surface area contributed by atoms with E-state index in [-0.39, 0.29) is 12.1 Å². The van der Waals surface area contributed by atoms with Gasteiger partial charge in [-0.3, -0.25) is 0 Å². The van der Waals surface area contributed by atoms with Crippen LogP contribution in [0.1, 0.15) is 18.6 Å². The molecule has 2 rings (SSSR count). The van der Waals surface area contributed by atoms with Crippen molar-refractivity contribution < 1.29 is 18.6 Å². The van der Waals surface area contributed by atoms with Crippen molar-refractivity contribution in [2.75, 3.05) is 18.5 Å². The van der Waals surface area contributed by atoms with Crippen LogP contribution in [0.3, 0.4) is 0 Å². The standard InChI is InChI=1S/C16H17F2NO2/c1-2-21-13-5-3-4-12(9-13)19-10-16(20)14-7-6-11(17)8-15(14)18/h3-9,16,19-20H,2,10H2,1H3. The van der Waals surface area contributed by atoms with E-state index in [0.717, 1.165) is 17.8 Å². The Morgan fingerprint density at radius 2 is 2.00 bits per heavy atom. The molecule has 0 bridgehead atoms. The topological polar surface area (TPSA) is 41.5 Å². The van der Waals surface area contributed by atoms with Crippen LogP contribution in [0, 0.1) is 11.6 Å². The SMILES string of the molecule is CCOc1cccc(NCC(O)c2ccc(F)cc2F)c1. The number of ether oxygens (including phenoxy) is 1. The number of aliphatic hydroxyl groups is 1. The van der Waals surface area contributed by atoms with Crippen molar-refractivity contribution >= 4 is 5.69 Å². The van der Waals surface area contributed by atoms with E-state index in [0.29, 0.717) is 12.4 Å². The number of hydrogen-bond donors (Lipinski definition) is 2. The minimum atomic E-state index is -1.07. The van der Waals surface area contributed by atoms with Crippen molar-refractivity contribution in [1.29, 1.82) is 0 Å². The Kier molecular flexibility index (Phi) is 5.11. The van der Waals surface area contributed by atoms with Crippen LogP contribution in [0.2, 0.25) is 0 Å². The molecule has 0 heterocycles. The highest BCUT2D eigenvalue weighted by atomic mass is 19.1. The zero-order valence-corrected chi connectivity index (χ0v) is 11.6. The number of rotatable bonds is 6. The Balaban J connectivity index is 2.00. The minimum absolute atomic E-state index is 0.0601. The molecule has 1 unspecified atom stereocenters. The van der Waals surface area contributed by atoms with Gasteiger partial charge in [0.2, 0.25) is 0 Å². The molecule has 21 heavy (non-hydrogen) atoms. The molecule has 1 atom stereocenters. The van der Waals surface area contributed by atoms with Crippen LogP contribution in [-0.4, -0.2) is 18.3 Å². The fourth-order valence-corrected chi connectivity index (χ4v) is 1.96. The third-order valence-electron chi connectivity index (χ3n) is 2.97. The summed E-state index contributed by atoms with van der Waals surface area (Å²) in [5.74, 6) is -0.710. The van der Waals surface area contributed by atoms with Crippen molar-refractivity contribution in [1.82, 2.24) is 0 Å². The number of hydrogen-bond acceptors (Lipinski definition) is 3. The third-order valence-corrected chi connectivity index (χ3v) is 2.97. The van der Waals surface area contributed by atoms with E-state index in [9.17, 15) is 13.9 Å². The number of aliphatic hydroxyl groups excluding tert-OH is 1. The summed E-state index contributed by atoms with van der Waals surface area (Å²) in [6.45, 7) is 2.56. The van der Waals surface area contributed by atoms with Crippen LogP contribution >= 0.6 is 0 Å². The van der Waals surface area contributed by atoms with Gasteiger partial charge in [-0.1, -0.05) is 12.1 Å². The molecule has 0 spiro atoms. The summed E-state index contributed by atoms with van der Waals surface area (Å²) in [5, 5.41) is 13.0. The van der Waals surface area contributed by atoms with Gasteiger partial charge < -0.3 is 15.2 Å². The van der Waals surface area contributed by atoms with Crippen LogP contribution < -0.4 is 10.1 Å². The molecule has 0 radical (unpaired) electrons. The largest absolute Gasteiger partial charge is 0.494 e. The third kappa shape index (κ3) is 4.16. The van der Waals surface area contributed by atoms with Crippen LogP contribution in [-0.2, 0) is 0 Å². The Labute approximate surface area is 122 Å². The van der Waals surface area contributed by atoms with Crippen LogP contribution in [0.5, 0.6) is 5.75 Å². The predicted molar refractivity (Wildman–Crippen MR) is 77.4 cm³/mol. The lowest BCUT2D eigenvalue weighted by Gasteiger charge is -2.14. The average Bonchev–Trinajstić information content (AvgIpc) is 2.45. The Morgan fingerprint density at radius 3 is 2.71 bits per heavy atom. The summed E-state index contributed by atoms with van der Waals surface area (Å²) >= 11 is 0. The molecule has 2 aromatic rings. The summed E-state index contributed by atoms with van der Waals surface area (Å²) in [6.07, 6.45) is -1.07. The van der Waals surface area contributed by atoms with Crippen molar-refractivity contribution in [2.45, 2.75) is 13.0 Å². The van der Waals surface area contributed by atoms with Gasteiger partial charge in [0.05, 0.1) is 12.7 Å². The predicted octanol–water partition coefficient (Wildman–Crippen LogP) is 3.51. The van der Waals surface area contributed by atoms with Crippen LogP contribution in [0.25, 0.3) is 0 Å². The average molecular weight is 293 g/mol. The second-order valence-electron chi connectivity index (χ2n) is 4.52. The number of anilines is 1. The van der Waals surface area contributed by atoms with Gasteiger partial charge in [-0.15, -0.1) is 0 Å². The quantitative estimate of drug-likeness (QED) is 0.856. The molecule has 2 aromatic carbocycles. The zero-order chi connectivity index (χ0) is 15.2. The van der Waals surface area contributed by atoms with E-state index in [2.05, 4.69) is 5.32 Å². The summed E-state index contributed by atoms with van der Waals surface area (Å²) in [5.41, 5.74) is 0.812. The molecule has 2 N–H and O–H groups in total. The maximum atomic E-state index is 13.5. The molecule has 0 amide bonds. The molecule has 0 saturated heterocycles. The van der Waals surface area contributed by atoms with E-state index in [4.69, 9.17) is 4.74 Å². The fourth-order valence-electron chi connectivity index (χ4n) is 1.96. The highest BCUT2D eigenvalue weighted by molar-refractivity contribution is 5.48. The molecule has 0 aliphatic carbocycles. The van der Waals surface area contributed by atoms with Gasteiger partial charge in [-0.25, -0.2) is 8.78 Å². The van der Waals surface area contributed by atoms with E-state index >= 15 is 0 Å². The lowest BCUT2D eigenvalue weighted by molar-refractivity contribution is 0.186. The molecule has 5 heteroatoms. The van der Waals surface area contributed by atoms with E-state index in [1.54, 1.807) is 6.07 Å². The smallest absolute Gasteiger partial charge is 0.131 e. The Bertz CT molecular complexity index is 605. The number of benzene rings is 2. The first-order chi connectivity index (χ1) is 10.1. The van der Waals surface area contributed by atoms with Gasteiger partial charge in [-0.2, -0.15) is 0 Å². The van der Waals surface area contributed by atoms with Gasteiger partial charge in [0, 0.05) is 29.9 Å².